The molecule has 0 spiro atoms. The Hall–Kier alpha value is -3.97. The summed E-state index contributed by atoms with van der Waals surface area (Å²) >= 11 is 3.40. The molecule has 2 aromatic carbocycles. The largest absolute Gasteiger partial charge is 0.444 e. The molecular weight excluding hydrogens is 740 g/mol. The van der Waals surface area contributed by atoms with Gasteiger partial charge in [-0.15, -0.1) is 0 Å². The fourth-order valence-electron chi connectivity index (χ4n) is 6.21. The van der Waals surface area contributed by atoms with Gasteiger partial charge in [0.1, 0.15) is 12.5 Å². The Balaban J connectivity index is 0.000000200. The van der Waals surface area contributed by atoms with Gasteiger partial charge in [0.2, 0.25) is 17.4 Å². The second-order valence-electron chi connectivity index (χ2n) is 15.9. The van der Waals surface area contributed by atoms with Gasteiger partial charge in [-0.05, 0) is 81.8 Å². The highest BCUT2D eigenvalue weighted by Gasteiger charge is 2.47. The van der Waals surface area contributed by atoms with Gasteiger partial charge >= 0.3 is 12.2 Å². The maximum atomic E-state index is 12.1. The molecule has 4 amide bonds. The first kappa shape index (κ1) is 41.8. The first-order chi connectivity index (χ1) is 24.8. The fraction of sp³-hybridized carbons (Fsp3) is 0.575. The number of piperazine rings is 2. The fourth-order valence-corrected chi connectivity index (χ4v) is 6.48. The zero-order chi connectivity index (χ0) is 39.0. The molecule has 2 aromatic rings. The first-order valence-corrected chi connectivity index (χ1v) is 19.3. The predicted octanol–water partition coefficient (Wildman–Crippen LogP) is 6.08. The van der Waals surface area contributed by atoms with Crippen molar-refractivity contribution < 1.29 is 28.7 Å². The topological polar surface area (TPSA) is 133 Å². The number of halogens is 1. The summed E-state index contributed by atoms with van der Waals surface area (Å²) < 4.78 is 11.6. The van der Waals surface area contributed by atoms with Gasteiger partial charge in [-0.25, -0.2) is 9.59 Å². The lowest BCUT2D eigenvalue weighted by Crippen LogP contribution is -2.48. The monoisotopic (exact) mass is 797 g/mol. The number of anilines is 1. The van der Waals surface area contributed by atoms with Crippen LogP contribution in [-0.2, 0) is 30.1 Å². The van der Waals surface area contributed by atoms with E-state index in [4.69, 9.17) is 9.47 Å². The number of rotatable bonds is 6. The minimum atomic E-state index is -0.708. The van der Waals surface area contributed by atoms with Crippen molar-refractivity contribution in [2.75, 3.05) is 57.3 Å². The lowest BCUT2D eigenvalue weighted by atomic mass is 10.0. The molecule has 0 bridgehead atoms. The van der Waals surface area contributed by atoms with Crippen LogP contribution in [-0.4, -0.2) is 97.4 Å². The van der Waals surface area contributed by atoms with E-state index in [0.717, 1.165) is 99.3 Å². The van der Waals surface area contributed by atoms with Crippen LogP contribution < -0.4 is 20.9 Å². The maximum Gasteiger partial charge on any atom is 0.411 e. The highest BCUT2D eigenvalue weighted by molar-refractivity contribution is 9.10. The Morgan fingerprint density at radius 2 is 1.09 bits per heavy atom. The van der Waals surface area contributed by atoms with Gasteiger partial charge in [-0.2, -0.15) is 0 Å². The summed E-state index contributed by atoms with van der Waals surface area (Å²) in [4.78, 5) is 52.1. The van der Waals surface area contributed by atoms with Gasteiger partial charge in [0.05, 0.1) is 11.1 Å². The van der Waals surface area contributed by atoms with Gasteiger partial charge < -0.3 is 40.1 Å². The number of nitrogens with zero attached hydrogens (tertiary/aromatic N) is 3. The average Bonchev–Trinajstić information content (AvgIpc) is 4.02. The number of benzene rings is 2. The minimum Gasteiger partial charge on any atom is -0.444 e. The van der Waals surface area contributed by atoms with E-state index < -0.39 is 17.3 Å². The normalized spacial score (nSPS) is 18.5. The lowest BCUT2D eigenvalue weighted by molar-refractivity contribution is -0.130. The van der Waals surface area contributed by atoms with Crippen molar-refractivity contribution in [3.8, 4) is 0 Å². The van der Waals surface area contributed by atoms with E-state index in [9.17, 15) is 19.2 Å². The van der Waals surface area contributed by atoms with Gasteiger partial charge in [-0.3, -0.25) is 9.59 Å². The van der Waals surface area contributed by atoms with Crippen LogP contribution in [0.2, 0.25) is 0 Å². The number of carbonyl (C=O) groups excluding carboxylic acids is 4. The van der Waals surface area contributed by atoms with E-state index >= 15 is 0 Å². The molecule has 2 heterocycles. The van der Waals surface area contributed by atoms with Crippen LogP contribution in [0, 0.1) is 6.92 Å². The lowest BCUT2D eigenvalue weighted by Gasteiger charge is -2.35. The highest BCUT2D eigenvalue weighted by Crippen LogP contribution is 2.47. The quantitative estimate of drug-likeness (QED) is 0.300. The summed E-state index contributed by atoms with van der Waals surface area (Å²) in [5.74, 6) is 0.334. The minimum absolute atomic E-state index is 0.142. The number of hydrogen-bond acceptors (Lipinski definition) is 8. The van der Waals surface area contributed by atoms with Crippen LogP contribution in [0.1, 0.15) is 85.3 Å². The summed E-state index contributed by atoms with van der Waals surface area (Å²) in [6, 6.07) is 16.4. The van der Waals surface area contributed by atoms with Crippen molar-refractivity contribution in [2.45, 2.75) is 96.4 Å². The predicted molar refractivity (Wildman–Crippen MR) is 210 cm³/mol. The van der Waals surface area contributed by atoms with Gasteiger partial charge in [0, 0.05) is 90.2 Å². The van der Waals surface area contributed by atoms with E-state index in [1.807, 2.05) is 54.8 Å². The number of carbonyl (C=O) groups is 4. The number of amides is 4. The van der Waals surface area contributed by atoms with Gasteiger partial charge in [-0.1, -0.05) is 40.2 Å². The second-order valence-corrected chi connectivity index (χ2v) is 16.8. The molecule has 53 heavy (non-hydrogen) atoms. The number of nitrogens with one attached hydrogen (secondary N) is 3. The molecule has 6 rings (SSSR count). The molecule has 2 aliphatic carbocycles. The smallest absolute Gasteiger partial charge is 0.411 e. The van der Waals surface area contributed by atoms with E-state index in [0.29, 0.717) is 0 Å². The molecule has 3 N–H and O–H groups in total. The Kier molecular flexibility index (Phi) is 13.8. The molecule has 0 aromatic heterocycles. The maximum absolute atomic E-state index is 12.1. The van der Waals surface area contributed by atoms with Crippen LogP contribution in [0.4, 0.5) is 15.3 Å². The van der Waals surface area contributed by atoms with Crippen molar-refractivity contribution >= 4 is 45.6 Å². The van der Waals surface area contributed by atoms with Gasteiger partial charge in [0.25, 0.3) is 0 Å². The third kappa shape index (κ3) is 13.1. The summed E-state index contributed by atoms with van der Waals surface area (Å²) in [5.41, 5.74) is 1.66. The summed E-state index contributed by atoms with van der Waals surface area (Å²) in [6.45, 7) is 23.0. The number of alkyl carbamates (subject to hydrolysis) is 2. The van der Waals surface area contributed by atoms with Crippen LogP contribution in [0.3, 0.4) is 0 Å². The Bertz CT molecular complexity index is 1550. The third-order valence-corrected chi connectivity index (χ3v) is 9.95. The molecule has 12 nitrogen and oxygen atoms in total. The van der Waals surface area contributed by atoms with E-state index in [2.05, 4.69) is 68.0 Å². The van der Waals surface area contributed by atoms with Crippen LogP contribution in [0.15, 0.2) is 53.0 Å². The van der Waals surface area contributed by atoms with Crippen LogP contribution in [0.25, 0.3) is 0 Å². The Labute approximate surface area is 323 Å². The number of ether oxygens (including phenoxy) is 2. The van der Waals surface area contributed by atoms with E-state index in [-0.39, 0.29) is 29.0 Å². The number of hydrogen-bond donors (Lipinski definition) is 3. The second kappa shape index (κ2) is 17.4. The van der Waals surface area contributed by atoms with Crippen molar-refractivity contribution in [1.82, 2.24) is 25.8 Å². The molecule has 0 unspecified atom stereocenters. The summed E-state index contributed by atoms with van der Waals surface area (Å²) in [7, 11) is 0. The average molecular weight is 799 g/mol. The molecule has 13 heteroatoms. The van der Waals surface area contributed by atoms with Crippen LogP contribution >= 0.6 is 15.9 Å². The van der Waals surface area contributed by atoms with Crippen molar-refractivity contribution in [3.05, 3.63) is 71.1 Å². The molecule has 2 saturated heterocycles. The highest BCUT2D eigenvalue weighted by atomic mass is 79.9. The molecular formula is C40H58BrN6O6+. The van der Waals surface area contributed by atoms with Crippen molar-refractivity contribution in [2.24, 2.45) is 0 Å². The third-order valence-electron chi connectivity index (χ3n) is 9.42. The molecule has 0 atom stereocenters. The molecule has 2 aliphatic heterocycles. The molecule has 0 radical (unpaired) electrons. The SMILES string of the molecule is CC(=O)N1CCN(c2ccc(C3(NC(=O)OC(C)(C)C)CC3)cc2)CC1.CC(=O)N1CCNCC1.[CH2+]C(C)(C)OC(=O)NC1(c2ccc(Br)cc2)CC1. The molecule has 2 saturated carbocycles. The Morgan fingerprint density at radius 1 is 0.679 bits per heavy atom. The first-order valence-electron chi connectivity index (χ1n) is 18.5. The zero-order valence-electron chi connectivity index (χ0n) is 32.5. The molecule has 4 aliphatic rings. The molecule has 290 valence electrons. The van der Waals surface area contributed by atoms with Gasteiger partial charge in [0.15, 0.2) is 0 Å². The van der Waals surface area contributed by atoms with Crippen LogP contribution in [0.5, 0.6) is 0 Å². The van der Waals surface area contributed by atoms with E-state index in [1.165, 1.54) is 0 Å². The van der Waals surface area contributed by atoms with E-state index in [1.54, 1.807) is 27.7 Å². The standard InChI is InChI=1S/C20H29N3O3.C14H16BrNO2.C6H12N2O/c1-15(24)22-11-13-23(14-12-22)17-7-5-16(6-8-17)20(9-10-20)21-18(25)26-19(2,3)4;1-13(2,3)18-12(17)16-14(8-9-14)10-4-6-11(15)7-5-10;1-6(9)8-4-2-7-3-5-8/h5-8H,9-14H2,1-4H3,(H,21,25);4-7H,1,8-9H2,2-3H3;7H,2-5H2,1H3/p+1. The zero-order valence-corrected chi connectivity index (χ0v) is 34.1. The summed E-state index contributed by atoms with van der Waals surface area (Å²) in [6.07, 6.45) is 2.99. The van der Waals surface area contributed by atoms with Crippen molar-refractivity contribution in [3.63, 3.8) is 0 Å². The Morgan fingerprint density at radius 3 is 1.47 bits per heavy atom. The molecule has 4 fully saturated rings. The summed E-state index contributed by atoms with van der Waals surface area (Å²) in [5, 5.41) is 9.16. The van der Waals surface area contributed by atoms with Crippen molar-refractivity contribution in [1.29, 1.82) is 0 Å².